The molecule has 0 aliphatic heterocycles. The van der Waals surface area contributed by atoms with Gasteiger partial charge in [0.15, 0.2) is 0 Å². The van der Waals surface area contributed by atoms with E-state index in [2.05, 4.69) is 10.6 Å². The smallest absolute Gasteiger partial charge is 0.224 e. The monoisotopic (exact) mass is 305 g/mol. The minimum atomic E-state index is 0.00619. The third-order valence-corrected chi connectivity index (χ3v) is 3.15. The molecular formula is C17H27N3O2. The Morgan fingerprint density at radius 1 is 0.955 bits per heavy atom. The molecule has 0 unspecified atom stereocenters. The zero-order valence-corrected chi connectivity index (χ0v) is 13.5. The minimum absolute atomic E-state index is 0.00619. The Morgan fingerprint density at radius 2 is 1.50 bits per heavy atom. The Balaban J connectivity index is 2.38. The van der Waals surface area contributed by atoms with Crippen LogP contribution in [0.5, 0.6) is 0 Å². The van der Waals surface area contributed by atoms with Crippen LogP contribution in [0.3, 0.4) is 0 Å². The molecule has 0 spiro atoms. The van der Waals surface area contributed by atoms with Crippen LogP contribution < -0.4 is 16.4 Å². The normalized spacial score (nSPS) is 10.5. The first-order valence-corrected chi connectivity index (χ1v) is 7.91. The van der Waals surface area contributed by atoms with Gasteiger partial charge in [-0.15, -0.1) is 0 Å². The van der Waals surface area contributed by atoms with E-state index in [-0.39, 0.29) is 11.8 Å². The number of anilines is 2. The van der Waals surface area contributed by atoms with Crippen LogP contribution >= 0.6 is 0 Å². The largest absolute Gasteiger partial charge is 0.330 e. The molecule has 0 atom stereocenters. The van der Waals surface area contributed by atoms with Crippen molar-refractivity contribution in [2.24, 2.45) is 11.7 Å². The van der Waals surface area contributed by atoms with Gasteiger partial charge in [0.2, 0.25) is 11.8 Å². The van der Waals surface area contributed by atoms with Crippen LogP contribution in [0.4, 0.5) is 11.4 Å². The third kappa shape index (κ3) is 7.78. The molecule has 0 aliphatic rings. The molecule has 1 aromatic carbocycles. The maximum atomic E-state index is 11.7. The van der Waals surface area contributed by atoms with E-state index >= 15 is 0 Å². The molecule has 1 aromatic rings. The lowest BCUT2D eigenvalue weighted by Crippen LogP contribution is -2.14. The van der Waals surface area contributed by atoms with Crippen LogP contribution in [-0.4, -0.2) is 18.4 Å². The number of unbranched alkanes of at least 4 members (excludes halogenated alkanes) is 2. The van der Waals surface area contributed by atoms with E-state index in [9.17, 15) is 9.59 Å². The maximum Gasteiger partial charge on any atom is 0.224 e. The van der Waals surface area contributed by atoms with Crippen LogP contribution in [0, 0.1) is 5.92 Å². The topological polar surface area (TPSA) is 84.2 Å². The summed E-state index contributed by atoms with van der Waals surface area (Å²) in [6, 6.07) is 7.18. The molecule has 1 rings (SSSR count). The summed E-state index contributed by atoms with van der Waals surface area (Å²) in [7, 11) is 0. The zero-order chi connectivity index (χ0) is 16.4. The summed E-state index contributed by atoms with van der Waals surface area (Å²) < 4.78 is 0. The van der Waals surface area contributed by atoms with Crippen molar-refractivity contribution in [1.29, 1.82) is 0 Å². The summed E-state index contributed by atoms with van der Waals surface area (Å²) in [6.45, 7) is 4.68. The molecule has 22 heavy (non-hydrogen) atoms. The van der Waals surface area contributed by atoms with Crippen LogP contribution in [0.1, 0.15) is 46.0 Å². The number of rotatable bonds is 9. The summed E-state index contributed by atoms with van der Waals surface area (Å²) in [4.78, 5) is 23.4. The molecule has 0 heterocycles. The molecule has 4 N–H and O–H groups in total. The van der Waals surface area contributed by atoms with Crippen LogP contribution in [0.2, 0.25) is 0 Å². The number of hydrogen-bond donors (Lipinski definition) is 3. The predicted molar refractivity (Wildman–Crippen MR) is 90.7 cm³/mol. The van der Waals surface area contributed by atoms with Crippen molar-refractivity contribution < 1.29 is 9.59 Å². The average Bonchev–Trinajstić information content (AvgIpc) is 2.45. The van der Waals surface area contributed by atoms with E-state index in [4.69, 9.17) is 5.73 Å². The van der Waals surface area contributed by atoms with Gasteiger partial charge in [-0.05, 0) is 49.6 Å². The molecule has 122 valence electrons. The second-order valence-corrected chi connectivity index (χ2v) is 5.87. The molecule has 5 nitrogen and oxygen atoms in total. The number of carbonyl (C=O) groups excluding carboxylic acids is 2. The Kier molecular flexibility index (Phi) is 8.22. The lowest BCUT2D eigenvalue weighted by atomic mass is 10.1. The van der Waals surface area contributed by atoms with Crippen molar-refractivity contribution in [3.8, 4) is 0 Å². The van der Waals surface area contributed by atoms with Crippen molar-refractivity contribution in [3.63, 3.8) is 0 Å². The Morgan fingerprint density at radius 3 is 2.00 bits per heavy atom. The molecule has 2 amide bonds. The highest BCUT2D eigenvalue weighted by Gasteiger charge is 2.06. The number of hydrogen-bond acceptors (Lipinski definition) is 3. The first-order chi connectivity index (χ1) is 10.5. The van der Waals surface area contributed by atoms with Crippen molar-refractivity contribution in [2.75, 3.05) is 17.2 Å². The zero-order valence-electron chi connectivity index (χ0n) is 13.5. The molecular weight excluding hydrogens is 278 g/mol. The van der Waals surface area contributed by atoms with Crippen molar-refractivity contribution in [3.05, 3.63) is 24.3 Å². The summed E-state index contributed by atoms with van der Waals surface area (Å²) in [5.74, 6) is 0.345. The summed E-state index contributed by atoms with van der Waals surface area (Å²) in [6.07, 6.45) is 3.79. The van der Waals surface area contributed by atoms with E-state index in [1.54, 1.807) is 24.3 Å². The number of nitrogens with two attached hydrogens (primary N) is 1. The summed E-state index contributed by atoms with van der Waals surface area (Å²) in [5, 5.41) is 5.69. The van der Waals surface area contributed by atoms with Crippen molar-refractivity contribution in [2.45, 2.75) is 46.0 Å². The van der Waals surface area contributed by atoms with Gasteiger partial charge in [0, 0.05) is 24.2 Å². The van der Waals surface area contributed by atoms with Gasteiger partial charge in [0.25, 0.3) is 0 Å². The van der Waals surface area contributed by atoms with Gasteiger partial charge < -0.3 is 16.4 Å². The third-order valence-electron chi connectivity index (χ3n) is 3.15. The molecule has 0 bridgehead atoms. The molecule has 0 aliphatic carbocycles. The van der Waals surface area contributed by atoms with Gasteiger partial charge in [-0.2, -0.15) is 0 Å². The minimum Gasteiger partial charge on any atom is -0.330 e. The van der Waals surface area contributed by atoms with Gasteiger partial charge in [-0.3, -0.25) is 9.59 Å². The number of amides is 2. The standard InChI is InChI=1S/C17H27N3O2/c1-13(2)12-17(22)20-15-9-7-14(8-10-15)19-16(21)6-4-3-5-11-18/h7-10,13H,3-6,11-12,18H2,1-2H3,(H,19,21)(H,20,22). The van der Waals surface area contributed by atoms with E-state index in [0.717, 1.165) is 30.6 Å². The highest BCUT2D eigenvalue weighted by Crippen LogP contribution is 2.15. The van der Waals surface area contributed by atoms with Crippen molar-refractivity contribution >= 4 is 23.2 Å². The van der Waals surface area contributed by atoms with Gasteiger partial charge in [-0.25, -0.2) is 0 Å². The Labute approximate surface area is 132 Å². The van der Waals surface area contributed by atoms with Gasteiger partial charge in [0.1, 0.15) is 0 Å². The quantitative estimate of drug-likeness (QED) is 0.613. The fourth-order valence-corrected chi connectivity index (χ4v) is 2.05. The lowest BCUT2D eigenvalue weighted by molar-refractivity contribution is -0.117. The molecule has 0 saturated carbocycles. The molecule has 0 aromatic heterocycles. The molecule has 0 radical (unpaired) electrons. The number of carbonyl (C=O) groups is 2. The van der Waals surface area contributed by atoms with E-state index in [0.29, 0.717) is 25.3 Å². The molecule has 0 fully saturated rings. The Bertz CT molecular complexity index is 469. The summed E-state index contributed by atoms with van der Waals surface area (Å²) >= 11 is 0. The first kappa shape index (κ1) is 18.2. The fraction of sp³-hybridized carbons (Fsp3) is 0.529. The number of benzene rings is 1. The van der Waals surface area contributed by atoms with E-state index in [1.807, 2.05) is 13.8 Å². The highest BCUT2D eigenvalue weighted by molar-refractivity contribution is 5.92. The SMILES string of the molecule is CC(C)CC(=O)Nc1ccc(NC(=O)CCCCCN)cc1. The second kappa shape index (κ2) is 9.95. The van der Waals surface area contributed by atoms with Crippen LogP contribution in [0.25, 0.3) is 0 Å². The first-order valence-electron chi connectivity index (χ1n) is 7.91. The van der Waals surface area contributed by atoms with Crippen LogP contribution in [0.15, 0.2) is 24.3 Å². The Hall–Kier alpha value is -1.88. The van der Waals surface area contributed by atoms with E-state index < -0.39 is 0 Å². The number of nitrogens with one attached hydrogen (secondary N) is 2. The average molecular weight is 305 g/mol. The second-order valence-electron chi connectivity index (χ2n) is 5.87. The maximum absolute atomic E-state index is 11.7. The molecule has 5 heteroatoms. The van der Waals surface area contributed by atoms with E-state index in [1.165, 1.54) is 0 Å². The molecule has 0 saturated heterocycles. The highest BCUT2D eigenvalue weighted by atomic mass is 16.2. The predicted octanol–water partition coefficient (Wildman–Crippen LogP) is 3.13. The van der Waals surface area contributed by atoms with Crippen LogP contribution in [-0.2, 0) is 9.59 Å². The fourth-order valence-electron chi connectivity index (χ4n) is 2.05. The van der Waals surface area contributed by atoms with Gasteiger partial charge in [-0.1, -0.05) is 20.3 Å². The lowest BCUT2D eigenvalue weighted by Gasteiger charge is -2.09. The van der Waals surface area contributed by atoms with Gasteiger partial charge in [0.05, 0.1) is 0 Å². The van der Waals surface area contributed by atoms with Crippen molar-refractivity contribution in [1.82, 2.24) is 0 Å². The van der Waals surface area contributed by atoms with Gasteiger partial charge >= 0.3 is 0 Å². The summed E-state index contributed by atoms with van der Waals surface area (Å²) in [5.41, 5.74) is 6.90.